The maximum atomic E-state index is 12.6. The Labute approximate surface area is 168 Å². The molecule has 0 radical (unpaired) electrons. The van der Waals surface area contributed by atoms with Crippen LogP contribution in [0.2, 0.25) is 0 Å². The summed E-state index contributed by atoms with van der Waals surface area (Å²) < 4.78 is 7.14. The van der Waals surface area contributed by atoms with Crippen LogP contribution in [0, 0.1) is 0 Å². The van der Waals surface area contributed by atoms with E-state index in [1.807, 2.05) is 41.3 Å². The minimum absolute atomic E-state index is 0.157. The van der Waals surface area contributed by atoms with Crippen LogP contribution < -0.4 is 4.74 Å². The number of rotatable bonds is 5. The first-order chi connectivity index (χ1) is 13.8. The van der Waals surface area contributed by atoms with E-state index in [-0.39, 0.29) is 5.91 Å². The van der Waals surface area contributed by atoms with Gasteiger partial charge in [-0.1, -0.05) is 36.7 Å². The lowest BCUT2D eigenvalue weighted by molar-refractivity contribution is -0.128. The SMILES string of the molecule is COc1ccccc1-c1ccc2nnc(SCC(=O)N3CCCCCC3)n2n1. The second-order valence-electron chi connectivity index (χ2n) is 6.76. The molecule has 4 rings (SSSR count). The van der Waals surface area contributed by atoms with Gasteiger partial charge in [0.1, 0.15) is 5.75 Å². The molecule has 28 heavy (non-hydrogen) atoms. The number of benzene rings is 1. The van der Waals surface area contributed by atoms with Gasteiger partial charge in [-0.15, -0.1) is 10.2 Å². The summed E-state index contributed by atoms with van der Waals surface area (Å²) in [6.45, 7) is 1.71. The highest BCUT2D eigenvalue weighted by atomic mass is 32.2. The van der Waals surface area contributed by atoms with Gasteiger partial charge in [-0.2, -0.15) is 9.61 Å². The Morgan fingerprint density at radius 2 is 1.86 bits per heavy atom. The zero-order valence-corrected chi connectivity index (χ0v) is 16.7. The second kappa shape index (κ2) is 8.60. The molecule has 0 saturated carbocycles. The summed E-state index contributed by atoms with van der Waals surface area (Å²) in [4.78, 5) is 14.5. The first-order valence-corrected chi connectivity index (χ1v) is 10.5. The zero-order valence-electron chi connectivity index (χ0n) is 15.9. The monoisotopic (exact) mass is 397 g/mol. The number of fused-ring (bicyclic) bond motifs is 1. The number of ether oxygens (including phenoxy) is 1. The smallest absolute Gasteiger partial charge is 0.233 e. The molecule has 146 valence electrons. The highest BCUT2D eigenvalue weighted by Crippen LogP contribution is 2.28. The molecule has 8 heteroatoms. The van der Waals surface area contributed by atoms with Gasteiger partial charge in [0.2, 0.25) is 11.1 Å². The number of carbonyl (C=O) groups is 1. The van der Waals surface area contributed by atoms with Crippen LogP contribution >= 0.6 is 11.8 Å². The number of nitrogens with zero attached hydrogens (tertiary/aromatic N) is 5. The fourth-order valence-corrected chi connectivity index (χ4v) is 4.19. The van der Waals surface area contributed by atoms with Crippen molar-refractivity contribution in [1.82, 2.24) is 24.7 Å². The molecule has 0 N–H and O–H groups in total. The first kappa shape index (κ1) is 18.7. The average Bonchev–Trinajstić information content (AvgIpc) is 2.94. The molecule has 1 aliphatic heterocycles. The van der Waals surface area contributed by atoms with Gasteiger partial charge < -0.3 is 9.64 Å². The molecule has 0 spiro atoms. The average molecular weight is 398 g/mol. The second-order valence-corrected chi connectivity index (χ2v) is 7.70. The van der Waals surface area contributed by atoms with E-state index >= 15 is 0 Å². The molecule has 1 saturated heterocycles. The predicted octanol–water partition coefficient (Wildman–Crippen LogP) is 3.29. The van der Waals surface area contributed by atoms with Crippen LogP contribution in [0.1, 0.15) is 25.7 Å². The van der Waals surface area contributed by atoms with Crippen molar-refractivity contribution >= 4 is 23.3 Å². The summed E-state index contributed by atoms with van der Waals surface area (Å²) in [6, 6.07) is 11.5. The minimum atomic E-state index is 0.157. The lowest BCUT2D eigenvalue weighted by atomic mass is 10.1. The fourth-order valence-electron chi connectivity index (χ4n) is 3.40. The number of hydrogen-bond donors (Lipinski definition) is 0. The molecule has 1 fully saturated rings. The highest BCUT2D eigenvalue weighted by Gasteiger charge is 2.18. The quantitative estimate of drug-likeness (QED) is 0.615. The van der Waals surface area contributed by atoms with Crippen molar-refractivity contribution in [2.45, 2.75) is 30.8 Å². The van der Waals surface area contributed by atoms with E-state index < -0.39 is 0 Å². The molecule has 1 aromatic carbocycles. The Balaban J connectivity index is 1.54. The molecule has 7 nitrogen and oxygen atoms in total. The largest absolute Gasteiger partial charge is 0.496 e. The molecular weight excluding hydrogens is 374 g/mol. The van der Waals surface area contributed by atoms with Crippen LogP contribution in [0.3, 0.4) is 0 Å². The van der Waals surface area contributed by atoms with Crippen LogP contribution in [0.25, 0.3) is 16.9 Å². The van der Waals surface area contributed by atoms with E-state index in [1.54, 1.807) is 11.6 Å². The summed E-state index contributed by atoms with van der Waals surface area (Å²) in [7, 11) is 1.64. The first-order valence-electron chi connectivity index (χ1n) is 9.52. The van der Waals surface area contributed by atoms with E-state index in [0.29, 0.717) is 16.6 Å². The molecular formula is C20H23N5O2S. The third-order valence-electron chi connectivity index (χ3n) is 4.90. The molecule has 3 heterocycles. The Morgan fingerprint density at radius 1 is 1.07 bits per heavy atom. The summed E-state index contributed by atoms with van der Waals surface area (Å²) in [5, 5.41) is 13.7. The number of hydrogen-bond acceptors (Lipinski definition) is 6. The molecule has 1 aliphatic rings. The summed E-state index contributed by atoms with van der Waals surface area (Å²) >= 11 is 1.38. The van der Waals surface area contributed by atoms with Gasteiger partial charge in [-0.25, -0.2) is 0 Å². The van der Waals surface area contributed by atoms with Gasteiger partial charge in [-0.3, -0.25) is 4.79 Å². The molecule has 0 bridgehead atoms. The normalized spacial score (nSPS) is 14.8. The Kier molecular flexibility index (Phi) is 5.76. The molecule has 0 atom stereocenters. The lowest BCUT2D eigenvalue weighted by Gasteiger charge is -2.19. The Bertz CT molecular complexity index is 966. The van der Waals surface area contributed by atoms with E-state index in [9.17, 15) is 4.79 Å². The third kappa shape index (κ3) is 3.96. The van der Waals surface area contributed by atoms with E-state index in [1.165, 1.54) is 24.6 Å². The summed E-state index contributed by atoms with van der Waals surface area (Å²) in [6.07, 6.45) is 4.60. The summed E-state index contributed by atoms with van der Waals surface area (Å²) in [5.74, 6) is 1.26. The highest BCUT2D eigenvalue weighted by molar-refractivity contribution is 7.99. The number of para-hydroxylation sites is 1. The molecule has 0 aliphatic carbocycles. The van der Waals surface area contributed by atoms with Gasteiger partial charge in [0.05, 0.1) is 18.6 Å². The van der Waals surface area contributed by atoms with E-state index in [4.69, 9.17) is 4.74 Å². The molecule has 1 amide bonds. The zero-order chi connectivity index (χ0) is 19.3. The van der Waals surface area contributed by atoms with Gasteiger partial charge in [-0.05, 0) is 37.1 Å². The number of carbonyl (C=O) groups excluding carboxylic acids is 1. The van der Waals surface area contributed by atoms with Crippen molar-refractivity contribution in [3.8, 4) is 17.0 Å². The third-order valence-corrected chi connectivity index (χ3v) is 5.80. The van der Waals surface area contributed by atoms with Crippen LogP contribution in [0.4, 0.5) is 0 Å². The van der Waals surface area contributed by atoms with Crippen molar-refractivity contribution < 1.29 is 9.53 Å². The molecule has 0 unspecified atom stereocenters. The minimum Gasteiger partial charge on any atom is -0.496 e. The van der Waals surface area contributed by atoms with Crippen molar-refractivity contribution in [2.75, 3.05) is 26.0 Å². The molecule has 3 aromatic rings. The van der Waals surface area contributed by atoms with Crippen LogP contribution in [0.15, 0.2) is 41.6 Å². The number of amides is 1. The van der Waals surface area contributed by atoms with Gasteiger partial charge in [0.15, 0.2) is 5.65 Å². The van der Waals surface area contributed by atoms with Crippen molar-refractivity contribution in [1.29, 1.82) is 0 Å². The number of aromatic nitrogens is 4. The summed E-state index contributed by atoms with van der Waals surface area (Å²) in [5.41, 5.74) is 2.33. The van der Waals surface area contributed by atoms with E-state index in [2.05, 4.69) is 15.3 Å². The Morgan fingerprint density at radius 3 is 2.64 bits per heavy atom. The standard InChI is InChI=1S/C20H23N5O2S/c1-27-17-9-5-4-8-15(17)16-10-11-18-21-22-20(25(18)23-16)28-14-19(26)24-12-6-2-3-7-13-24/h4-5,8-11H,2-3,6-7,12-14H2,1H3. The van der Waals surface area contributed by atoms with Crippen LogP contribution in [-0.2, 0) is 4.79 Å². The van der Waals surface area contributed by atoms with Gasteiger partial charge in [0, 0.05) is 18.7 Å². The Hall–Kier alpha value is -2.61. The van der Waals surface area contributed by atoms with Crippen LogP contribution in [0.5, 0.6) is 5.75 Å². The number of likely N-dealkylation sites (tertiary alicyclic amines) is 1. The molecule has 2 aromatic heterocycles. The van der Waals surface area contributed by atoms with Crippen molar-refractivity contribution in [2.24, 2.45) is 0 Å². The van der Waals surface area contributed by atoms with Crippen molar-refractivity contribution in [3.05, 3.63) is 36.4 Å². The maximum Gasteiger partial charge on any atom is 0.233 e. The fraction of sp³-hybridized carbons (Fsp3) is 0.400. The van der Waals surface area contributed by atoms with Crippen molar-refractivity contribution in [3.63, 3.8) is 0 Å². The maximum absolute atomic E-state index is 12.6. The number of thioether (sulfide) groups is 1. The van der Waals surface area contributed by atoms with E-state index in [0.717, 1.165) is 42.9 Å². The van der Waals surface area contributed by atoms with Gasteiger partial charge >= 0.3 is 0 Å². The predicted molar refractivity (Wildman–Crippen MR) is 109 cm³/mol. The lowest BCUT2D eigenvalue weighted by Crippen LogP contribution is -2.33. The van der Waals surface area contributed by atoms with Crippen LogP contribution in [-0.4, -0.2) is 56.6 Å². The topological polar surface area (TPSA) is 72.6 Å². The van der Waals surface area contributed by atoms with Gasteiger partial charge in [0.25, 0.3) is 0 Å². The number of methoxy groups -OCH3 is 1.